The highest BCUT2D eigenvalue weighted by Crippen LogP contribution is 2.19. The molecule has 2 aromatic heterocycles. The molecule has 0 saturated carbocycles. The highest BCUT2D eigenvalue weighted by molar-refractivity contribution is 7.13. The van der Waals surface area contributed by atoms with Crippen LogP contribution < -0.4 is 10.2 Å². The maximum Gasteiger partial charge on any atom is 0.243 e. The Morgan fingerprint density at radius 1 is 1.24 bits per heavy atom. The quantitative estimate of drug-likeness (QED) is 0.625. The van der Waals surface area contributed by atoms with E-state index in [0.29, 0.717) is 12.4 Å². The highest BCUT2D eigenvalue weighted by Gasteiger charge is 2.09. The number of thiophene rings is 1. The van der Waals surface area contributed by atoms with E-state index in [0.717, 1.165) is 17.8 Å². The number of benzene rings is 1. The Bertz CT molecular complexity index is 787. The van der Waals surface area contributed by atoms with Gasteiger partial charge in [0.2, 0.25) is 11.7 Å². The molecule has 0 saturated heterocycles. The molecule has 0 fully saturated rings. The number of anilines is 1. The molecular weight excluding hydrogens is 336 g/mol. The van der Waals surface area contributed by atoms with Gasteiger partial charge in [0.15, 0.2) is 0 Å². The molecule has 130 valence electrons. The summed E-state index contributed by atoms with van der Waals surface area (Å²) in [6, 6.07) is 14.0. The summed E-state index contributed by atoms with van der Waals surface area (Å²) < 4.78 is 0. The second-order valence-electron chi connectivity index (χ2n) is 5.58. The van der Waals surface area contributed by atoms with Crippen LogP contribution in [0.25, 0.3) is 10.7 Å². The van der Waals surface area contributed by atoms with Crippen molar-refractivity contribution in [2.45, 2.75) is 13.0 Å². The lowest BCUT2D eigenvalue weighted by Crippen LogP contribution is -2.31. The van der Waals surface area contributed by atoms with Gasteiger partial charge in [-0.3, -0.25) is 4.79 Å². The van der Waals surface area contributed by atoms with Crippen molar-refractivity contribution in [3.05, 3.63) is 47.8 Å². The summed E-state index contributed by atoms with van der Waals surface area (Å²) in [5, 5.41) is 17.0. The lowest BCUT2D eigenvalue weighted by molar-refractivity contribution is -0.122. The van der Waals surface area contributed by atoms with Gasteiger partial charge in [-0.25, -0.2) is 0 Å². The van der Waals surface area contributed by atoms with Crippen molar-refractivity contribution in [1.82, 2.24) is 25.5 Å². The van der Waals surface area contributed by atoms with Gasteiger partial charge in [0.05, 0.1) is 4.88 Å². The summed E-state index contributed by atoms with van der Waals surface area (Å²) in [4.78, 5) is 16.4. The lowest BCUT2D eigenvalue weighted by Gasteiger charge is -2.19. The molecule has 0 unspecified atom stereocenters. The van der Waals surface area contributed by atoms with Crippen LogP contribution in [-0.4, -0.2) is 46.3 Å². The summed E-state index contributed by atoms with van der Waals surface area (Å²) in [5.41, 5.74) is 1.17. The number of nitrogens with zero attached hydrogens (tertiary/aromatic N) is 5. The molecule has 25 heavy (non-hydrogen) atoms. The first-order valence-electron chi connectivity index (χ1n) is 8.07. The van der Waals surface area contributed by atoms with E-state index in [-0.39, 0.29) is 12.5 Å². The predicted molar refractivity (Wildman–Crippen MR) is 98.5 cm³/mol. The zero-order valence-corrected chi connectivity index (χ0v) is 14.8. The second-order valence-corrected chi connectivity index (χ2v) is 6.53. The molecule has 0 bridgehead atoms. The number of carbonyl (C=O) groups is 1. The third-order valence-corrected chi connectivity index (χ3v) is 4.53. The number of para-hydroxylation sites is 1. The summed E-state index contributed by atoms with van der Waals surface area (Å²) in [6.07, 6.45) is 0.863. The summed E-state index contributed by atoms with van der Waals surface area (Å²) >= 11 is 1.54. The van der Waals surface area contributed by atoms with Crippen LogP contribution in [0.1, 0.15) is 6.42 Å². The minimum absolute atomic E-state index is 0.0763. The molecule has 0 aliphatic heterocycles. The molecule has 0 aliphatic carbocycles. The number of carbonyl (C=O) groups excluding carboxylic acids is 1. The van der Waals surface area contributed by atoms with Gasteiger partial charge in [0.1, 0.15) is 6.54 Å². The van der Waals surface area contributed by atoms with Gasteiger partial charge in [-0.2, -0.15) is 4.80 Å². The fourth-order valence-electron chi connectivity index (χ4n) is 2.35. The minimum Gasteiger partial charge on any atom is -0.375 e. The Hall–Kier alpha value is -2.74. The Morgan fingerprint density at radius 2 is 2.08 bits per heavy atom. The van der Waals surface area contributed by atoms with Gasteiger partial charge in [0.25, 0.3) is 0 Å². The number of hydrogen-bond donors (Lipinski definition) is 1. The molecule has 0 atom stereocenters. The van der Waals surface area contributed by atoms with Crippen LogP contribution in [0, 0.1) is 0 Å². The summed E-state index contributed by atoms with van der Waals surface area (Å²) in [7, 11) is 2.04. The topological polar surface area (TPSA) is 75.9 Å². The van der Waals surface area contributed by atoms with Crippen molar-refractivity contribution in [2.24, 2.45) is 0 Å². The molecule has 0 spiro atoms. The molecule has 2 heterocycles. The second kappa shape index (κ2) is 8.39. The monoisotopic (exact) mass is 356 g/mol. The molecular formula is C17H20N6OS. The van der Waals surface area contributed by atoms with Crippen molar-refractivity contribution < 1.29 is 4.79 Å². The van der Waals surface area contributed by atoms with E-state index in [1.165, 1.54) is 10.5 Å². The smallest absolute Gasteiger partial charge is 0.243 e. The van der Waals surface area contributed by atoms with E-state index in [2.05, 4.69) is 37.8 Å². The van der Waals surface area contributed by atoms with Crippen molar-refractivity contribution >= 4 is 22.9 Å². The largest absolute Gasteiger partial charge is 0.375 e. The number of hydrogen-bond acceptors (Lipinski definition) is 6. The van der Waals surface area contributed by atoms with Gasteiger partial charge in [-0.1, -0.05) is 24.3 Å². The SMILES string of the molecule is CN(CCCNC(=O)Cn1nnc(-c2cccs2)n1)c1ccccc1. The maximum atomic E-state index is 12.0. The average molecular weight is 356 g/mol. The van der Waals surface area contributed by atoms with Gasteiger partial charge in [0, 0.05) is 25.8 Å². The van der Waals surface area contributed by atoms with Crippen LogP contribution in [0.2, 0.25) is 0 Å². The third-order valence-electron chi connectivity index (χ3n) is 3.67. The van der Waals surface area contributed by atoms with Crippen molar-refractivity contribution in [3.63, 3.8) is 0 Å². The molecule has 1 aromatic carbocycles. The summed E-state index contributed by atoms with van der Waals surface area (Å²) in [5.74, 6) is 0.435. The van der Waals surface area contributed by atoms with Crippen LogP contribution in [0.3, 0.4) is 0 Å². The maximum absolute atomic E-state index is 12.0. The normalized spacial score (nSPS) is 10.6. The molecule has 3 rings (SSSR count). The predicted octanol–water partition coefficient (Wildman–Crippen LogP) is 2.04. The summed E-state index contributed by atoms with van der Waals surface area (Å²) in [6.45, 7) is 1.56. The van der Waals surface area contributed by atoms with Crippen LogP contribution in [0.4, 0.5) is 5.69 Å². The molecule has 7 nitrogen and oxygen atoms in total. The molecule has 1 amide bonds. The first-order valence-corrected chi connectivity index (χ1v) is 8.95. The van der Waals surface area contributed by atoms with E-state index in [1.54, 1.807) is 11.3 Å². The Balaban J connectivity index is 1.38. The van der Waals surface area contributed by atoms with Crippen molar-refractivity contribution in [1.29, 1.82) is 0 Å². The van der Waals surface area contributed by atoms with Crippen LogP contribution in [0.15, 0.2) is 47.8 Å². The Labute approximate surface area is 150 Å². The Morgan fingerprint density at radius 3 is 2.84 bits per heavy atom. The number of nitrogens with one attached hydrogen (secondary N) is 1. The fraction of sp³-hybridized carbons (Fsp3) is 0.294. The van der Waals surface area contributed by atoms with E-state index < -0.39 is 0 Å². The third kappa shape index (κ3) is 4.87. The van der Waals surface area contributed by atoms with Gasteiger partial charge < -0.3 is 10.2 Å². The number of amides is 1. The zero-order valence-electron chi connectivity index (χ0n) is 14.0. The van der Waals surface area contributed by atoms with E-state index in [4.69, 9.17) is 0 Å². The van der Waals surface area contributed by atoms with Gasteiger partial charge in [-0.15, -0.1) is 21.5 Å². The molecule has 1 N–H and O–H groups in total. The van der Waals surface area contributed by atoms with Crippen molar-refractivity contribution in [2.75, 3.05) is 25.0 Å². The van der Waals surface area contributed by atoms with E-state index in [1.807, 2.05) is 42.8 Å². The fourth-order valence-corrected chi connectivity index (χ4v) is 3.00. The molecule has 3 aromatic rings. The van der Waals surface area contributed by atoms with Crippen LogP contribution >= 0.6 is 11.3 Å². The zero-order chi connectivity index (χ0) is 17.5. The van der Waals surface area contributed by atoms with Crippen molar-refractivity contribution in [3.8, 4) is 10.7 Å². The average Bonchev–Trinajstić information content (AvgIpc) is 3.31. The minimum atomic E-state index is -0.113. The lowest BCUT2D eigenvalue weighted by atomic mass is 10.3. The van der Waals surface area contributed by atoms with Gasteiger partial charge >= 0.3 is 0 Å². The van der Waals surface area contributed by atoms with E-state index in [9.17, 15) is 4.79 Å². The number of aromatic nitrogens is 4. The first-order chi connectivity index (χ1) is 12.2. The molecule has 0 aliphatic rings. The van der Waals surface area contributed by atoms with Crippen LogP contribution in [0.5, 0.6) is 0 Å². The number of tetrazole rings is 1. The molecule has 0 radical (unpaired) electrons. The van der Waals surface area contributed by atoms with Crippen LogP contribution in [-0.2, 0) is 11.3 Å². The first kappa shape index (κ1) is 17.1. The van der Waals surface area contributed by atoms with E-state index >= 15 is 0 Å². The Kier molecular flexibility index (Phi) is 5.73. The number of rotatable bonds is 8. The molecule has 8 heteroatoms. The van der Waals surface area contributed by atoms with Gasteiger partial charge in [-0.05, 0) is 35.2 Å². The highest BCUT2D eigenvalue weighted by atomic mass is 32.1. The standard InChI is InChI=1S/C17H20N6OS/c1-22(14-7-3-2-4-8-14)11-6-10-18-16(24)13-23-20-17(19-21-23)15-9-5-12-25-15/h2-5,7-9,12H,6,10-11,13H2,1H3,(H,18,24).